The number of amides is 1. The highest BCUT2D eigenvalue weighted by molar-refractivity contribution is 5.79. The number of benzene rings is 1. The maximum absolute atomic E-state index is 13.9. The van der Waals surface area contributed by atoms with Gasteiger partial charge in [0.15, 0.2) is 0 Å². The summed E-state index contributed by atoms with van der Waals surface area (Å²) < 4.78 is 14.8. The fraction of sp³-hybridized carbons (Fsp3) is 0.412. The summed E-state index contributed by atoms with van der Waals surface area (Å²) in [7, 11) is 0. The monoisotopic (exact) mass is 351 g/mol. The van der Waals surface area contributed by atoms with Crippen molar-refractivity contribution in [2.75, 3.05) is 0 Å². The lowest BCUT2D eigenvalue weighted by atomic mass is 10.0. The molecule has 1 amide bonds. The van der Waals surface area contributed by atoms with Crippen LogP contribution in [0.3, 0.4) is 0 Å². The van der Waals surface area contributed by atoms with Crippen LogP contribution in [-0.4, -0.2) is 25.8 Å². The summed E-state index contributed by atoms with van der Waals surface area (Å²) in [6, 6.07) is 3.79. The van der Waals surface area contributed by atoms with Gasteiger partial charge in [-0.05, 0) is 42.9 Å². The van der Waals surface area contributed by atoms with Crippen LogP contribution in [0.2, 0.25) is 0 Å². The van der Waals surface area contributed by atoms with E-state index < -0.39 is 17.6 Å². The van der Waals surface area contributed by atoms with Gasteiger partial charge in [-0.25, -0.2) is 14.7 Å². The highest BCUT2D eigenvalue weighted by Gasteiger charge is 2.29. The van der Waals surface area contributed by atoms with Crippen molar-refractivity contribution in [2.24, 2.45) is 5.92 Å². The van der Waals surface area contributed by atoms with E-state index in [-0.39, 0.29) is 36.2 Å². The number of carbonyl (C=O) groups is 1. The predicted octanol–water partition coefficient (Wildman–Crippen LogP) is 1.82. The molecule has 0 spiro atoms. The van der Waals surface area contributed by atoms with Gasteiger partial charge in [-0.2, -0.15) is 0 Å². The first-order valence-corrected chi connectivity index (χ1v) is 7.97. The Balaban J connectivity index is 2.29. The number of hydrogen-bond acceptors (Lipinski definition) is 4. The van der Waals surface area contributed by atoms with Crippen LogP contribution in [0, 0.1) is 18.7 Å². The van der Waals surface area contributed by atoms with Gasteiger partial charge in [-0.1, -0.05) is 26.0 Å². The van der Waals surface area contributed by atoms with Crippen LogP contribution in [-0.2, 0) is 17.6 Å². The summed E-state index contributed by atoms with van der Waals surface area (Å²) in [4.78, 5) is 26.5. The van der Waals surface area contributed by atoms with Gasteiger partial charge in [-0.3, -0.25) is 14.6 Å². The number of nitrogens with one attached hydrogen (secondary N) is 2. The number of hydrogen-bond donors (Lipinski definition) is 4. The zero-order valence-electron chi connectivity index (χ0n) is 14.3. The van der Waals surface area contributed by atoms with E-state index in [1.54, 1.807) is 32.9 Å². The minimum atomic E-state index is -1.07. The lowest BCUT2D eigenvalue weighted by Gasteiger charge is -2.19. The third kappa shape index (κ3) is 3.90. The Bertz CT molecular complexity index is 826. The molecule has 1 aromatic heterocycles. The van der Waals surface area contributed by atoms with Crippen LogP contribution in [0.5, 0.6) is 5.88 Å². The van der Waals surface area contributed by atoms with Crippen LogP contribution in [0.25, 0.3) is 0 Å². The van der Waals surface area contributed by atoms with Crippen molar-refractivity contribution >= 4 is 5.91 Å². The molecule has 136 valence electrons. The molecular weight excluding hydrogens is 329 g/mol. The standard InChI is InChI=1S/C17H22FN3O4/c1-9(2)14(15(22)20-25)21-16(23)13(19-17(21)24)7-6-11-5-4-10(3)8-12(11)18/h4-5,8-9,14,23,25H,6-7H2,1-3H3,(H,19,24)(H,20,22). The van der Waals surface area contributed by atoms with Crippen molar-refractivity contribution in [1.29, 1.82) is 0 Å². The van der Waals surface area contributed by atoms with Gasteiger partial charge in [0.2, 0.25) is 5.88 Å². The number of rotatable bonds is 6. The minimum absolute atomic E-state index is 0.194. The third-order valence-electron chi connectivity index (χ3n) is 4.12. The molecule has 4 N–H and O–H groups in total. The van der Waals surface area contributed by atoms with E-state index in [2.05, 4.69) is 4.98 Å². The molecule has 1 aromatic carbocycles. The molecule has 0 saturated heterocycles. The molecular formula is C17H22FN3O4. The Hall–Kier alpha value is -2.61. The van der Waals surface area contributed by atoms with Gasteiger partial charge in [0.1, 0.15) is 11.9 Å². The van der Waals surface area contributed by atoms with Crippen molar-refractivity contribution in [3.63, 3.8) is 0 Å². The molecule has 1 atom stereocenters. The fourth-order valence-corrected chi connectivity index (χ4v) is 2.82. The smallest absolute Gasteiger partial charge is 0.329 e. The topological polar surface area (TPSA) is 107 Å². The molecule has 1 unspecified atom stereocenters. The number of H-pyrrole nitrogens is 1. The van der Waals surface area contributed by atoms with Crippen LogP contribution in [0.4, 0.5) is 4.39 Å². The molecule has 7 nitrogen and oxygen atoms in total. The number of aromatic amines is 1. The largest absolute Gasteiger partial charge is 0.493 e. The van der Waals surface area contributed by atoms with Gasteiger partial charge >= 0.3 is 5.69 Å². The highest BCUT2D eigenvalue weighted by atomic mass is 19.1. The van der Waals surface area contributed by atoms with Crippen molar-refractivity contribution in [1.82, 2.24) is 15.0 Å². The molecule has 2 aromatic rings. The third-order valence-corrected chi connectivity index (χ3v) is 4.12. The average molecular weight is 351 g/mol. The summed E-state index contributed by atoms with van der Waals surface area (Å²) >= 11 is 0. The zero-order valence-corrected chi connectivity index (χ0v) is 14.3. The molecule has 2 rings (SSSR count). The minimum Gasteiger partial charge on any atom is -0.493 e. The number of carbonyl (C=O) groups excluding carboxylic acids is 1. The van der Waals surface area contributed by atoms with Crippen LogP contribution >= 0.6 is 0 Å². The number of halogens is 1. The van der Waals surface area contributed by atoms with Gasteiger partial charge in [0.05, 0.1) is 5.69 Å². The molecule has 0 aliphatic rings. The maximum atomic E-state index is 13.9. The summed E-state index contributed by atoms with van der Waals surface area (Å²) in [6.07, 6.45) is 0.470. The molecule has 0 saturated carbocycles. The molecule has 0 bridgehead atoms. The Morgan fingerprint density at radius 3 is 2.60 bits per heavy atom. The first-order valence-electron chi connectivity index (χ1n) is 7.97. The van der Waals surface area contributed by atoms with Crippen LogP contribution < -0.4 is 11.2 Å². The molecule has 25 heavy (non-hydrogen) atoms. The quantitative estimate of drug-likeness (QED) is 0.470. The number of aryl methyl sites for hydroxylation is 3. The lowest BCUT2D eigenvalue weighted by Crippen LogP contribution is -2.37. The zero-order chi connectivity index (χ0) is 18.7. The fourth-order valence-electron chi connectivity index (χ4n) is 2.82. The second-order valence-corrected chi connectivity index (χ2v) is 6.36. The van der Waals surface area contributed by atoms with E-state index in [0.717, 1.165) is 10.1 Å². The van der Waals surface area contributed by atoms with Crippen molar-refractivity contribution in [2.45, 2.75) is 39.7 Å². The Morgan fingerprint density at radius 2 is 2.04 bits per heavy atom. The Labute approximate surface area is 144 Å². The number of aromatic hydroxyl groups is 1. The second kappa shape index (κ2) is 7.52. The molecule has 8 heteroatoms. The number of imidazole rings is 1. The number of aromatic nitrogens is 2. The first kappa shape index (κ1) is 18.7. The normalized spacial score (nSPS) is 12.4. The van der Waals surface area contributed by atoms with Gasteiger partial charge in [0.25, 0.3) is 5.91 Å². The number of hydroxylamine groups is 1. The predicted molar refractivity (Wildman–Crippen MR) is 89.1 cm³/mol. The maximum Gasteiger partial charge on any atom is 0.329 e. The van der Waals surface area contributed by atoms with Gasteiger partial charge in [-0.15, -0.1) is 0 Å². The summed E-state index contributed by atoms with van der Waals surface area (Å²) in [5, 5.41) is 19.2. The molecule has 0 fully saturated rings. The molecule has 0 aliphatic heterocycles. The second-order valence-electron chi connectivity index (χ2n) is 6.36. The van der Waals surface area contributed by atoms with E-state index in [0.29, 0.717) is 5.56 Å². The van der Waals surface area contributed by atoms with E-state index in [1.807, 2.05) is 0 Å². The first-order chi connectivity index (χ1) is 11.8. The average Bonchev–Trinajstić information content (AvgIpc) is 2.81. The van der Waals surface area contributed by atoms with Gasteiger partial charge in [0, 0.05) is 0 Å². The molecule has 0 aliphatic carbocycles. The Morgan fingerprint density at radius 1 is 1.36 bits per heavy atom. The summed E-state index contributed by atoms with van der Waals surface area (Å²) in [5.41, 5.74) is 2.32. The Kier molecular flexibility index (Phi) is 5.63. The van der Waals surface area contributed by atoms with E-state index in [4.69, 9.17) is 5.21 Å². The molecule has 0 radical (unpaired) electrons. The highest BCUT2D eigenvalue weighted by Crippen LogP contribution is 2.25. The van der Waals surface area contributed by atoms with Crippen molar-refractivity contribution in [3.05, 3.63) is 51.3 Å². The van der Waals surface area contributed by atoms with Gasteiger partial charge < -0.3 is 10.1 Å². The number of nitrogens with zero attached hydrogens (tertiary/aromatic N) is 1. The summed E-state index contributed by atoms with van der Waals surface area (Å²) in [6.45, 7) is 5.15. The molecule has 1 heterocycles. The van der Waals surface area contributed by atoms with E-state index in [1.165, 1.54) is 11.5 Å². The van der Waals surface area contributed by atoms with Crippen molar-refractivity contribution < 1.29 is 19.5 Å². The van der Waals surface area contributed by atoms with E-state index in [9.17, 15) is 19.1 Å². The summed E-state index contributed by atoms with van der Waals surface area (Å²) in [5.74, 6) is -1.89. The van der Waals surface area contributed by atoms with Crippen LogP contribution in [0.1, 0.15) is 36.7 Å². The van der Waals surface area contributed by atoms with Crippen LogP contribution in [0.15, 0.2) is 23.0 Å². The lowest BCUT2D eigenvalue weighted by molar-refractivity contribution is -0.134. The SMILES string of the molecule is Cc1ccc(CCc2[nH]c(=O)n(C(C(=O)NO)C(C)C)c2O)c(F)c1. The van der Waals surface area contributed by atoms with E-state index >= 15 is 0 Å². The van der Waals surface area contributed by atoms with Crippen molar-refractivity contribution in [3.8, 4) is 5.88 Å².